The molecule has 2 atom stereocenters. The molecule has 1 aromatic carbocycles. The number of nitrogens with one attached hydrogen (secondary N) is 1. The molecule has 0 aromatic heterocycles. The zero-order chi connectivity index (χ0) is 11.4. The van der Waals surface area contributed by atoms with Gasteiger partial charge in [-0.25, -0.2) is 0 Å². The first kappa shape index (κ1) is 11.6. The molecule has 1 nitrogen and oxygen atoms in total. The summed E-state index contributed by atoms with van der Waals surface area (Å²) >= 11 is 1.96. The van der Waals surface area contributed by atoms with Crippen molar-refractivity contribution >= 4 is 11.8 Å². The largest absolute Gasteiger partial charge is 0.315 e. The molecule has 0 radical (unpaired) electrons. The molecular weight excluding hydrogens is 214 g/mol. The fourth-order valence-electron chi connectivity index (χ4n) is 2.18. The van der Waals surface area contributed by atoms with Crippen LogP contribution in [0.5, 0.6) is 0 Å². The van der Waals surface area contributed by atoms with E-state index in [9.17, 15) is 0 Å². The third kappa shape index (κ3) is 2.26. The van der Waals surface area contributed by atoms with Gasteiger partial charge in [-0.15, -0.1) is 23.6 Å². The molecule has 1 heterocycles. The second-order valence-electron chi connectivity index (χ2n) is 3.98. The monoisotopic (exact) mass is 231 g/mol. The van der Waals surface area contributed by atoms with Gasteiger partial charge in [-0.1, -0.05) is 18.2 Å². The number of hydrogen-bond acceptors (Lipinski definition) is 2. The first-order valence-corrected chi connectivity index (χ1v) is 6.64. The van der Waals surface area contributed by atoms with Crippen LogP contribution in [0.2, 0.25) is 0 Å². The minimum Gasteiger partial charge on any atom is -0.315 e. The second kappa shape index (κ2) is 5.43. The summed E-state index contributed by atoms with van der Waals surface area (Å²) < 4.78 is 0. The van der Waals surface area contributed by atoms with Crippen molar-refractivity contribution in [1.82, 2.24) is 5.32 Å². The number of thioether (sulfide) groups is 1. The van der Waals surface area contributed by atoms with E-state index in [2.05, 4.69) is 41.4 Å². The Bertz CT molecular complexity index is 416. The van der Waals surface area contributed by atoms with Gasteiger partial charge in [0.15, 0.2) is 0 Å². The van der Waals surface area contributed by atoms with Gasteiger partial charge in [-0.3, -0.25) is 0 Å². The highest BCUT2D eigenvalue weighted by atomic mass is 32.2. The van der Waals surface area contributed by atoms with Crippen molar-refractivity contribution in [2.45, 2.75) is 30.2 Å². The molecule has 0 amide bonds. The molecule has 0 aliphatic carbocycles. The lowest BCUT2D eigenvalue weighted by molar-refractivity contribution is 0.502. The van der Waals surface area contributed by atoms with E-state index in [4.69, 9.17) is 0 Å². The maximum absolute atomic E-state index is 3.40. The van der Waals surface area contributed by atoms with Crippen LogP contribution in [0.3, 0.4) is 0 Å². The third-order valence-corrected chi connectivity index (χ3v) is 4.30. The van der Waals surface area contributed by atoms with Crippen molar-refractivity contribution in [2.75, 3.05) is 12.8 Å². The van der Waals surface area contributed by atoms with E-state index in [1.165, 1.54) is 16.2 Å². The summed E-state index contributed by atoms with van der Waals surface area (Å²) in [4.78, 5) is 1.44. The summed E-state index contributed by atoms with van der Waals surface area (Å²) in [5.41, 5.74) is 1.49. The molecule has 1 aliphatic heterocycles. The molecule has 2 heteroatoms. The third-order valence-electron chi connectivity index (χ3n) is 3.09. The molecule has 84 valence electrons. The Kier molecular flexibility index (Phi) is 3.93. The van der Waals surface area contributed by atoms with Crippen molar-refractivity contribution in [3.05, 3.63) is 29.8 Å². The van der Waals surface area contributed by atoms with Crippen LogP contribution < -0.4 is 5.32 Å². The Morgan fingerprint density at radius 3 is 3.06 bits per heavy atom. The highest BCUT2D eigenvalue weighted by Gasteiger charge is 2.28. The van der Waals surface area contributed by atoms with Gasteiger partial charge in [0.05, 0.1) is 0 Å². The van der Waals surface area contributed by atoms with E-state index in [-0.39, 0.29) is 0 Å². The average Bonchev–Trinajstić information content (AvgIpc) is 2.75. The van der Waals surface area contributed by atoms with E-state index >= 15 is 0 Å². The number of hydrogen-bond donors (Lipinski definition) is 1. The minimum absolute atomic E-state index is 0.476. The van der Waals surface area contributed by atoms with E-state index in [0.717, 1.165) is 6.42 Å². The highest BCUT2D eigenvalue weighted by Crippen LogP contribution is 2.41. The highest BCUT2D eigenvalue weighted by molar-refractivity contribution is 7.99. The van der Waals surface area contributed by atoms with Crippen LogP contribution in [-0.4, -0.2) is 18.8 Å². The lowest BCUT2D eigenvalue weighted by atomic mass is 9.91. The van der Waals surface area contributed by atoms with Crippen molar-refractivity contribution in [1.29, 1.82) is 0 Å². The molecule has 0 fully saturated rings. The fraction of sp³-hybridized carbons (Fsp3) is 0.429. The lowest BCUT2D eigenvalue weighted by Gasteiger charge is -2.21. The summed E-state index contributed by atoms with van der Waals surface area (Å²) in [6, 6.07) is 9.20. The van der Waals surface area contributed by atoms with Gasteiger partial charge in [0, 0.05) is 29.0 Å². The van der Waals surface area contributed by atoms with Gasteiger partial charge in [-0.2, -0.15) is 0 Å². The van der Waals surface area contributed by atoms with Crippen molar-refractivity contribution in [3.8, 4) is 11.8 Å². The van der Waals surface area contributed by atoms with Crippen LogP contribution in [0.25, 0.3) is 0 Å². The second-order valence-corrected chi connectivity index (χ2v) is 5.04. The lowest BCUT2D eigenvalue weighted by Crippen LogP contribution is -2.31. The first-order valence-electron chi connectivity index (χ1n) is 5.65. The molecule has 2 rings (SSSR count). The predicted octanol–water partition coefficient (Wildman–Crippen LogP) is 2.88. The van der Waals surface area contributed by atoms with Crippen molar-refractivity contribution in [2.24, 2.45) is 0 Å². The smallest absolute Gasteiger partial charge is 0.0251 e. The maximum atomic E-state index is 3.40. The normalized spacial score (nSPS) is 19.8. The molecule has 2 unspecified atom stereocenters. The molecule has 1 aromatic rings. The van der Waals surface area contributed by atoms with Gasteiger partial charge in [0.25, 0.3) is 0 Å². The van der Waals surface area contributed by atoms with E-state index in [1.807, 2.05) is 25.7 Å². The number of fused-ring (bicyclic) bond motifs is 1. The number of benzene rings is 1. The molecule has 0 bridgehead atoms. The van der Waals surface area contributed by atoms with Crippen LogP contribution in [0.1, 0.15) is 24.8 Å². The van der Waals surface area contributed by atoms with Crippen LogP contribution >= 0.6 is 11.8 Å². The van der Waals surface area contributed by atoms with Gasteiger partial charge in [-0.05, 0) is 25.6 Å². The molecular formula is C14H17NS. The Morgan fingerprint density at radius 1 is 1.50 bits per heavy atom. The minimum atomic E-state index is 0.476. The van der Waals surface area contributed by atoms with Crippen LogP contribution in [0.4, 0.5) is 0 Å². The van der Waals surface area contributed by atoms with Gasteiger partial charge < -0.3 is 5.32 Å². The summed E-state index contributed by atoms with van der Waals surface area (Å²) in [7, 11) is 2.04. The Morgan fingerprint density at radius 2 is 2.31 bits per heavy atom. The van der Waals surface area contributed by atoms with E-state index in [0.29, 0.717) is 12.0 Å². The molecule has 0 saturated heterocycles. The topological polar surface area (TPSA) is 12.0 Å². The Hall–Kier alpha value is -0.910. The predicted molar refractivity (Wildman–Crippen MR) is 70.8 cm³/mol. The summed E-state index contributed by atoms with van der Waals surface area (Å²) in [5.74, 6) is 7.95. The zero-order valence-electron chi connectivity index (χ0n) is 9.79. The van der Waals surface area contributed by atoms with Gasteiger partial charge in [0.1, 0.15) is 0 Å². The van der Waals surface area contributed by atoms with E-state index < -0.39 is 0 Å². The van der Waals surface area contributed by atoms with Crippen molar-refractivity contribution in [3.63, 3.8) is 0 Å². The number of rotatable bonds is 3. The standard InChI is InChI=1S/C14H17NS/c1-3-4-8-13(15-2)12-10-16-14-9-6-5-7-11(12)14/h5-7,9,12-13,15H,8,10H2,1-2H3. The molecule has 16 heavy (non-hydrogen) atoms. The summed E-state index contributed by atoms with van der Waals surface area (Å²) in [5, 5.41) is 3.40. The molecule has 1 aliphatic rings. The van der Waals surface area contributed by atoms with Crippen LogP contribution in [0, 0.1) is 11.8 Å². The Balaban J connectivity index is 2.18. The average molecular weight is 231 g/mol. The maximum Gasteiger partial charge on any atom is 0.0251 e. The molecule has 0 spiro atoms. The van der Waals surface area contributed by atoms with Crippen molar-refractivity contribution < 1.29 is 0 Å². The SMILES string of the molecule is CC#CCC(NC)C1CSc2ccccc21. The quantitative estimate of drug-likeness (QED) is 0.803. The first-order chi connectivity index (χ1) is 7.86. The van der Waals surface area contributed by atoms with Crippen LogP contribution in [0.15, 0.2) is 29.2 Å². The summed E-state index contributed by atoms with van der Waals surface area (Å²) in [6.07, 6.45) is 0.937. The summed E-state index contributed by atoms with van der Waals surface area (Å²) in [6.45, 7) is 1.91. The molecule has 0 saturated carbocycles. The fourth-order valence-corrected chi connectivity index (χ4v) is 3.51. The van der Waals surface area contributed by atoms with Gasteiger partial charge in [0.2, 0.25) is 0 Å². The number of likely N-dealkylation sites (N-methyl/N-ethyl adjacent to an activating group) is 1. The van der Waals surface area contributed by atoms with Crippen LogP contribution in [-0.2, 0) is 0 Å². The Labute approximate surface area is 102 Å². The van der Waals surface area contributed by atoms with Gasteiger partial charge >= 0.3 is 0 Å². The zero-order valence-corrected chi connectivity index (χ0v) is 10.6. The molecule has 1 N–H and O–H groups in total. The van der Waals surface area contributed by atoms with E-state index in [1.54, 1.807) is 0 Å².